The lowest BCUT2D eigenvalue weighted by Gasteiger charge is -2.22. The van der Waals surface area contributed by atoms with Crippen LogP contribution in [0.25, 0.3) is 11.0 Å². The minimum atomic E-state index is -0.250. The number of anilines is 1. The number of hydrogen-bond donors (Lipinski definition) is 2. The predicted molar refractivity (Wildman–Crippen MR) is 69.7 cm³/mol. The van der Waals surface area contributed by atoms with Crippen LogP contribution in [0.4, 0.5) is 5.69 Å². The second-order valence-corrected chi connectivity index (χ2v) is 4.18. The van der Waals surface area contributed by atoms with Crippen LogP contribution in [-0.2, 0) is 9.53 Å². The molecule has 0 aromatic carbocycles. The van der Waals surface area contributed by atoms with Gasteiger partial charge >= 0.3 is 0 Å². The number of rotatable bonds is 1. The van der Waals surface area contributed by atoms with Crippen molar-refractivity contribution < 1.29 is 14.6 Å². The Bertz CT molecular complexity index is 549. The molecule has 0 amide bonds. The van der Waals surface area contributed by atoms with Gasteiger partial charge in [-0.25, -0.2) is 9.67 Å². The molecular weight excluding hydrogens is 248 g/mol. The molecule has 1 aliphatic rings. The summed E-state index contributed by atoms with van der Waals surface area (Å²) in [6.45, 7) is 1.35. The number of carboxylic acid groups (broad SMARTS) is 1. The van der Waals surface area contributed by atoms with Gasteiger partial charge in [0.2, 0.25) is 0 Å². The fraction of sp³-hybridized carbons (Fsp3) is 0.417. The SMILES string of the molecule is Nc1ccnc2c1cnn2C1CCOCC1.O=CO. The van der Waals surface area contributed by atoms with Crippen molar-refractivity contribution in [1.29, 1.82) is 0 Å². The molecule has 0 spiro atoms. The van der Waals surface area contributed by atoms with Crippen molar-refractivity contribution in [3.63, 3.8) is 0 Å². The van der Waals surface area contributed by atoms with Gasteiger partial charge in [-0.15, -0.1) is 0 Å². The van der Waals surface area contributed by atoms with Gasteiger partial charge in [0.05, 0.1) is 17.6 Å². The predicted octanol–water partition coefficient (Wildman–Crippen LogP) is 1.07. The zero-order valence-electron chi connectivity index (χ0n) is 10.4. The molecule has 7 nitrogen and oxygen atoms in total. The second-order valence-electron chi connectivity index (χ2n) is 4.18. The minimum Gasteiger partial charge on any atom is -0.483 e. The largest absolute Gasteiger partial charge is 0.483 e. The summed E-state index contributed by atoms with van der Waals surface area (Å²) in [6, 6.07) is 2.19. The number of nitrogens with two attached hydrogens (primary N) is 1. The average molecular weight is 264 g/mol. The number of nitrogen functional groups attached to an aromatic ring is 1. The van der Waals surface area contributed by atoms with Crippen molar-refractivity contribution in [2.24, 2.45) is 0 Å². The van der Waals surface area contributed by atoms with Crippen molar-refractivity contribution >= 4 is 23.2 Å². The first-order chi connectivity index (χ1) is 9.27. The van der Waals surface area contributed by atoms with E-state index in [9.17, 15) is 0 Å². The van der Waals surface area contributed by atoms with Crippen LogP contribution in [0, 0.1) is 0 Å². The minimum absolute atomic E-state index is 0.250. The Morgan fingerprint density at radius 2 is 2.16 bits per heavy atom. The van der Waals surface area contributed by atoms with E-state index in [-0.39, 0.29) is 6.47 Å². The number of nitrogens with zero attached hydrogens (tertiary/aromatic N) is 3. The number of fused-ring (bicyclic) bond motifs is 1. The van der Waals surface area contributed by atoms with E-state index in [4.69, 9.17) is 20.4 Å². The van der Waals surface area contributed by atoms with Crippen molar-refractivity contribution in [2.75, 3.05) is 18.9 Å². The number of hydrogen-bond acceptors (Lipinski definition) is 5. The maximum Gasteiger partial charge on any atom is 0.290 e. The molecule has 0 bridgehead atoms. The second kappa shape index (κ2) is 6.14. The van der Waals surface area contributed by atoms with Crippen LogP contribution >= 0.6 is 0 Å². The summed E-state index contributed by atoms with van der Waals surface area (Å²) >= 11 is 0. The highest BCUT2D eigenvalue weighted by atomic mass is 16.5. The Balaban J connectivity index is 0.000000408. The van der Waals surface area contributed by atoms with E-state index in [0.29, 0.717) is 6.04 Å². The molecule has 3 heterocycles. The Labute approximate surface area is 110 Å². The zero-order valence-corrected chi connectivity index (χ0v) is 10.4. The lowest BCUT2D eigenvalue weighted by molar-refractivity contribution is -0.122. The molecule has 3 N–H and O–H groups in total. The summed E-state index contributed by atoms with van der Waals surface area (Å²) in [4.78, 5) is 12.7. The fourth-order valence-corrected chi connectivity index (χ4v) is 2.16. The van der Waals surface area contributed by atoms with Crippen LogP contribution in [0.1, 0.15) is 18.9 Å². The summed E-state index contributed by atoms with van der Waals surface area (Å²) in [7, 11) is 0. The third kappa shape index (κ3) is 2.82. The Morgan fingerprint density at radius 1 is 1.47 bits per heavy atom. The lowest BCUT2D eigenvalue weighted by atomic mass is 10.1. The molecule has 0 radical (unpaired) electrons. The summed E-state index contributed by atoms with van der Waals surface area (Å²) in [5, 5.41) is 12.2. The highest BCUT2D eigenvalue weighted by Crippen LogP contribution is 2.26. The smallest absolute Gasteiger partial charge is 0.290 e. The standard InChI is InChI=1S/C11H14N4O.CH2O2/c12-10-1-4-13-11-9(10)7-14-15(11)8-2-5-16-6-3-8;2-1-3/h1,4,7-8H,2-3,5-6H2,(H2,12,13);1H,(H,2,3). The Kier molecular flexibility index (Phi) is 4.30. The van der Waals surface area contributed by atoms with Crippen LogP contribution < -0.4 is 5.73 Å². The van der Waals surface area contributed by atoms with Gasteiger partial charge in [-0.3, -0.25) is 4.79 Å². The van der Waals surface area contributed by atoms with E-state index in [1.165, 1.54) is 0 Å². The highest BCUT2D eigenvalue weighted by Gasteiger charge is 2.19. The van der Waals surface area contributed by atoms with Crippen LogP contribution in [-0.4, -0.2) is 39.6 Å². The first kappa shape index (κ1) is 13.3. The van der Waals surface area contributed by atoms with Gasteiger partial charge in [0, 0.05) is 25.1 Å². The van der Waals surface area contributed by atoms with Gasteiger partial charge in [0.15, 0.2) is 5.65 Å². The molecule has 0 saturated carbocycles. The van der Waals surface area contributed by atoms with E-state index in [2.05, 4.69) is 10.1 Å². The number of ether oxygens (including phenoxy) is 1. The third-order valence-corrected chi connectivity index (χ3v) is 3.07. The van der Waals surface area contributed by atoms with Gasteiger partial charge in [-0.1, -0.05) is 0 Å². The topological polar surface area (TPSA) is 103 Å². The average Bonchev–Trinajstić information content (AvgIpc) is 2.86. The summed E-state index contributed by atoms with van der Waals surface area (Å²) < 4.78 is 7.33. The van der Waals surface area contributed by atoms with Crippen LogP contribution in [0.3, 0.4) is 0 Å². The van der Waals surface area contributed by atoms with Crippen molar-refractivity contribution in [1.82, 2.24) is 14.8 Å². The lowest BCUT2D eigenvalue weighted by Crippen LogP contribution is -2.20. The van der Waals surface area contributed by atoms with Crippen molar-refractivity contribution in [2.45, 2.75) is 18.9 Å². The van der Waals surface area contributed by atoms with E-state index in [0.717, 1.165) is 42.8 Å². The third-order valence-electron chi connectivity index (χ3n) is 3.07. The normalized spacial score (nSPS) is 15.8. The van der Waals surface area contributed by atoms with Crippen molar-refractivity contribution in [3.8, 4) is 0 Å². The fourth-order valence-electron chi connectivity index (χ4n) is 2.16. The van der Waals surface area contributed by atoms with E-state index < -0.39 is 0 Å². The highest BCUT2D eigenvalue weighted by molar-refractivity contribution is 5.87. The van der Waals surface area contributed by atoms with Gasteiger partial charge in [-0.05, 0) is 18.9 Å². The summed E-state index contributed by atoms with van der Waals surface area (Å²) in [5.41, 5.74) is 7.50. The molecule has 19 heavy (non-hydrogen) atoms. The zero-order chi connectivity index (χ0) is 13.7. The molecule has 0 unspecified atom stereocenters. The molecule has 0 aliphatic carbocycles. The monoisotopic (exact) mass is 264 g/mol. The molecule has 2 aromatic heterocycles. The van der Waals surface area contributed by atoms with E-state index in [1.807, 2.05) is 4.68 Å². The molecule has 0 atom stereocenters. The summed E-state index contributed by atoms with van der Waals surface area (Å²) in [6.07, 6.45) is 5.52. The summed E-state index contributed by atoms with van der Waals surface area (Å²) in [5.74, 6) is 0. The molecule has 1 aliphatic heterocycles. The van der Waals surface area contributed by atoms with E-state index in [1.54, 1.807) is 18.5 Å². The number of aromatic nitrogens is 3. The molecular formula is C12H16N4O3. The van der Waals surface area contributed by atoms with Crippen LogP contribution in [0.2, 0.25) is 0 Å². The Hall–Kier alpha value is -2.15. The number of pyridine rings is 1. The van der Waals surface area contributed by atoms with Crippen LogP contribution in [0.15, 0.2) is 18.5 Å². The number of carbonyl (C=O) groups is 1. The molecule has 102 valence electrons. The quantitative estimate of drug-likeness (QED) is 0.747. The van der Waals surface area contributed by atoms with Crippen LogP contribution in [0.5, 0.6) is 0 Å². The van der Waals surface area contributed by atoms with Crippen molar-refractivity contribution in [3.05, 3.63) is 18.5 Å². The molecule has 1 saturated heterocycles. The van der Waals surface area contributed by atoms with Gasteiger partial charge in [0.25, 0.3) is 6.47 Å². The maximum absolute atomic E-state index is 8.36. The van der Waals surface area contributed by atoms with E-state index >= 15 is 0 Å². The molecule has 2 aromatic rings. The first-order valence-corrected chi connectivity index (χ1v) is 6.01. The maximum atomic E-state index is 8.36. The molecule has 3 rings (SSSR count). The first-order valence-electron chi connectivity index (χ1n) is 6.01. The Morgan fingerprint density at radius 3 is 2.84 bits per heavy atom. The van der Waals surface area contributed by atoms with Gasteiger partial charge in [-0.2, -0.15) is 5.10 Å². The molecule has 7 heteroatoms. The van der Waals surface area contributed by atoms with Gasteiger partial charge < -0.3 is 15.6 Å². The molecule has 1 fully saturated rings. The van der Waals surface area contributed by atoms with Gasteiger partial charge in [0.1, 0.15) is 0 Å².